The third-order valence-corrected chi connectivity index (χ3v) is 3.21. The van der Waals surface area contributed by atoms with Crippen LogP contribution in [0, 0.1) is 0 Å². The first kappa shape index (κ1) is 16.3. The summed E-state index contributed by atoms with van der Waals surface area (Å²) < 4.78 is 4.86. The van der Waals surface area contributed by atoms with Gasteiger partial charge in [-0.15, -0.1) is 0 Å². The summed E-state index contributed by atoms with van der Waals surface area (Å²) in [5.74, 6) is -0.399. The van der Waals surface area contributed by atoms with Crippen LogP contribution in [0.4, 0.5) is 0 Å². The number of benzene rings is 1. The molecule has 7 heteroatoms. The Balaban J connectivity index is 2.86. The second-order valence-electron chi connectivity index (χ2n) is 4.36. The Labute approximate surface area is 122 Å². The highest BCUT2D eigenvalue weighted by Gasteiger charge is 2.35. The van der Waals surface area contributed by atoms with Crippen LogP contribution in [0.2, 0.25) is 5.02 Å². The number of nitrogens with zero attached hydrogens (tertiary/aromatic N) is 3. The number of halogens is 1. The van der Waals surface area contributed by atoms with Gasteiger partial charge in [0.05, 0.1) is 7.11 Å². The van der Waals surface area contributed by atoms with E-state index in [4.69, 9.17) is 21.9 Å². The summed E-state index contributed by atoms with van der Waals surface area (Å²) in [5, 5.41) is 7.13. The highest BCUT2D eigenvalue weighted by atomic mass is 35.5. The van der Waals surface area contributed by atoms with Crippen LogP contribution in [-0.4, -0.2) is 26.2 Å². The average molecular weight is 297 g/mol. The van der Waals surface area contributed by atoms with Gasteiger partial charge in [0.15, 0.2) is 0 Å². The van der Waals surface area contributed by atoms with Crippen molar-refractivity contribution in [2.24, 2.45) is 5.11 Å². The maximum Gasteiger partial charge on any atom is 0.330 e. The fraction of sp³-hybridized carbons (Fsp3) is 0.462. The molecule has 0 saturated heterocycles. The van der Waals surface area contributed by atoms with Crippen LogP contribution in [0.5, 0.6) is 0 Å². The molecule has 0 amide bonds. The molecular weight excluding hydrogens is 280 g/mol. The molecule has 0 aliphatic carbocycles. The Morgan fingerprint density at radius 1 is 1.60 bits per heavy atom. The Morgan fingerprint density at radius 2 is 2.35 bits per heavy atom. The van der Waals surface area contributed by atoms with Crippen molar-refractivity contribution in [3.8, 4) is 0 Å². The van der Waals surface area contributed by atoms with Crippen LogP contribution in [0.3, 0.4) is 0 Å². The van der Waals surface area contributed by atoms with Crippen LogP contribution in [0.1, 0.15) is 18.9 Å². The molecule has 0 fully saturated rings. The maximum absolute atomic E-state index is 12.1. The Hall–Kier alpha value is -1.75. The van der Waals surface area contributed by atoms with Crippen LogP contribution in [-0.2, 0) is 15.1 Å². The van der Waals surface area contributed by atoms with Gasteiger partial charge < -0.3 is 4.74 Å². The van der Waals surface area contributed by atoms with E-state index < -0.39 is 11.5 Å². The normalized spacial score (nSPS) is 13.2. The molecule has 6 nitrogen and oxygen atoms in total. The predicted octanol–water partition coefficient (Wildman–Crippen LogP) is 3.02. The van der Waals surface area contributed by atoms with E-state index in [-0.39, 0.29) is 0 Å². The maximum atomic E-state index is 12.1. The van der Waals surface area contributed by atoms with Crippen LogP contribution in [0.25, 0.3) is 10.4 Å². The van der Waals surface area contributed by atoms with Crippen molar-refractivity contribution in [1.29, 1.82) is 0 Å². The number of carbonyl (C=O) groups is 1. The fourth-order valence-corrected chi connectivity index (χ4v) is 2.02. The summed E-state index contributed by atoms with van der Waals surface area (Å²) in [6.07, 6.45) is 0.622. The topological polar surface area (TPSA) is 87.1 Å². The van der Waals surface area contributed by atoms with E-state index in [1.54, 1.807) is 25.1 Å². The van der Waals surface area contributed by atoms with Gasteiger partial charge in [-0.2, -0.15) is 0 Å². The van der Waals surface area contributed by atoms with Crippen molar-refractivity contribution in [3.63, 3.8) is 0 Å². The second kappa shape index (κ2) is 7.75. The first-order valence-corrected chi connectivity index (χ1v) is 6.52. The summed E-state index contributed by atoms with van der Waals surface area (Å²) in [5.41, 5.74) is 7.94. The minimum absolute atomic E-state index is 0.371. The number of carbonyl (C=O) groups excluding carboxylic acids is 1. The lowest BCUT2D eigenvalue weighted by Crippen LogP contribution is -2.47. The molecule has 1 aromatic carbocycles. The average Bonchev–Trinajstić information content (AvgIpc) is 2.46. The molecule has 0 aromatic heterocycles. The van der Waals surface area contributed by atoms with Crippen molar-refractivity contribution in [1.82, 2.24) is 5.32 Å². The predicted molar refractivity (Wildman–Crippen MR) is 77.5 cm³/mol. The Bertz CT molecular complexity index is 517. The van der Waals surface area contributed by atoms with Gasteiger partial charge in [0.25, 0.3) is 0 Å². The zero-order chi connectivity index (χ0) is 15.0. The van der Waals surface area contributed by atoms with Crippen LogP contribution >= 0.6 is 11.6 Å². The van der Waals surface area contributed by atoms with Gasteiger partial charge in [-0.25, -0.2) is 4.79 Å². The first-order valence-electron chi connectivity index (χ1n) is 6.15. The molecule has 0 spiro atoms. The van der Waals surface area contributed by atoms with Gasteiger partial charge in [-0.1, -0.05) is 28.8 Å². The molecule has 0 saturated carbocycles. The smallest absolute Gasteiger partial charge is 0.330 e. The minimum Gasteiger partial charge on any atom is -0.467 e. The Kier molecular flexibility index (Phi) is 6.31. The van der Waals surface area contributed by atoms with Crippen LogP contribution in [0.15, 0.2) is 29.4 Å². The lowest BCUT2D eigenvalue weighted by molar-refractivity contribution is -0.148. The zero-order valence-corrected chi connectivity index (χ0v) is 12.2. The molecule has 0 heterocycles. The summed E-state index contributed by atoms with van der Waals surface area (Å²) >= 11 is 5.97. The monoisotopic (exact) mass is 296 g/mol. The van der Waals surface area contributed by atoms with E-state index in [9.17, 15) is 4.79 Å². The molecule has 1 aromatic rings. The number of ether oxygens (including phenoxy) is 1. The van der Waals surface area contributed by atoms with Gasteiger partial charge >= 0.3 is 5.97 Å². The molecule has 1 unspecified atom stereocenters. The van der Waals surface area contributed by atoms with Crippen molar-refractivity contribution < 1.29 is 9.53 Å². The van der Waals surface area contributed by atoms with Gasteiger partial charge in [-0.3, -0.25) is 5.32 Å². The third kappa shape index (κ3) is 4.13. The van der Waals surface area contributed by atoms with Crippen molar-refractivity contribution in [3.05, 3.63) is 45.3 Å². The molecule has 1 N–H and O–H groups in total. The lowest BCUT2D eigenvalue weighted by Gasteiger charge is -2.28. The van der Waals surface area contributed by atoms with Crippen LogP contribution < -0.4 is 5.32 Å². The van der Waals surface area contributed by atoms with E-state index in [1.807, 2.05) is 6.07 Å². The molecule has 0 radical (unpaired) electrons. The second-order valence-corrected chi connectivity index (χ2v) is 4.80. The molecule has 0 bridgehead atoms. The SMILES string of the molecule is COC(=O)C(C)(NCCCN=[N+]=[N-])c1cccc(Cl)c1. The third-order valence-electron chi connectivity index (χ3n) is 2.97. The van der Waals surface area contributed by atoms with E-state index in [0.29, 0.717) is 24.5 Å². The fourth-order valence-electron chi connectivity index (χ4n) is 1.83. The number of methoxy groups -OCH3 is 1. The zero-order valence-electron chi connectivity index (χ0n) is 11.5. The highest BCUT2D eigenvalue weighted by Crippen LogP contribution is 2.25. The van der Waals surface area contributed by atoms with Crippen molar-refractivity contribution in [2.45, 2.75) is 18.9 Å². The largest absolute Gasteiger partial charge is 0.467 e. The van der Waals surface area contributed by atoms with E-state index >= 15 is 0 Å². The first-order chi connectivity index (χ1) is 9.54. The summed E-state index contributed by atoms with van der Waals surface area (Å²) in [6.45, 7) is 2.62. The van der Waals surface area contributed by atoms with E-state index in [0.717, 1.165) is 5.56 Å². The number of hydrogen-bond donors (Lipinski definition) is 1. The van der Waals surface area contributed by atoms with Gasteiger partial charge in [0.2, 0.25) is 0 Å². The van der Waals surface area contributed by atoms with Crippen molar-refractivity contribution >= 4 is 17.6 Å². The quantitative estimate of drug-likeness (QED) is 0.276. The molecule has 108 valence electrons. The molecule has 0 aliphatic rings. The molecule has 20 heavy (non-hydrogen) atoms. The Morgan fingerprint density at radius 3 is 2.95 bits per heavy atom. The number of azide groups is 1. The number of rotatable bonds is 7. The van der Waals surface area contributed by atoms with Crippen molar-refractivity contribution in [2.75, 3.05) is 20.2 Å². The van der Waals surface area contributed by atoms with Gasteiger partial charge in [0, 0.05) is 16.5 Å². The van der Waals surface area contributed by atoms with Gasteiger partial charge in [0.1, 0.15) is 5.54 Å². The molecule has 1 rings (SSSR count). The molecule has 0 aliphatic heterocycles. The lowest BCUT2D eigenvalue weighted by atomic mass is 9.92. The number of hydrogen-bond acceptors (Lipinski definition) is 4. The highest BCUT2D eigenvalue weighted by molar-refractivity contribution is 6.30. The standard InChI is InChI=1S/C13H17ClN4O2/c1-13(12(19)20-2,16-7-4-8-17-18-15)10-5-3-6-11(14)9-10/h3,5-6,9,16H,4,7-8H2,1-2H3. The summed E-state index contributed by atoms with van der Waals surface area (Å²) in [6, 6.07) is 7.05. The summed E-state index contributed by atoms with van der Waals surface area (Å²) in [7, 11) is 1.34. The minimum atomic E-state index is -0.990. The summed E-state index contributed by atoms with van der Waals surface area (Å²) in [4.78, 5) is 14.7. The van der Waals surface area contributed by atoms with E-state index in [2.05, 4.69) is 15.3 Å². The molecule has 1 atom stereocenters. The number of nitrogens with one attached hydrogen (secondary N) is 1. The number of esters is 1. The molecular formula is C13H17ClN4O2. The van der Waals surface area contributed by atoms with E-state index in [1.165, 1.54) is 7.11 Å². The van der Waals surface area contributed by atoms with Gasteiger partial charge in [-0.05, 0) is 43.1 Å².